The van der Waals surface area contributed by atoms with E-state index in [4.69, 9.17) is 5.84 Å². The van der Waals surface area contributed by atoms with E-state index in [9.17, 15) is 4.79 Å². The van der Waals surface area contributed by atoms with E-state index in [2.05, 4.69) is 10.2 Å². The Bertz CT molecular complexity index is 330. The summed E-state index contributed by atoms with van der Waals surface area (Å²) in [5, 5.41) is 0. The van der Waals surface area contributed by atoms with Crippen molar-refractivity contribution in [3.05, 3.63) is 35.9 Å². The van der Waals surface area contributed by atoms with Crippen LogP contribution >= 0.6 is 0 Å². The number of carbonyl (C=O) groups is 1. The SMILES string of the molecule is COC(=O)/C=C/c1ccc(NN)cc1. The molecule has 0 amide bonds. The molecule has 0 atom stereocenters. The summed E-state index contributed by atoms with van der Waals surface area (Å²) in [6.07, 6.45) is 3.04. The number of rotatable bonds is 3. The van der Waals surface area contributed by atoms with Crippen molar-refractivity contribution in [2.24, 2.45) is 5.84 Å². The Morgan fingerprint density at radius 1 is 1.43 bits per heavy atom. The summed E-state index contributed by atoms with van der Waals surface area (Å²) in [6, 6.07) is 7.32. The third-order valence-corrected chi connectivity index (χ3v) is 1.69. The van der Waals surface area contributed by atoms with Crippen LogP contribution in [0.1, 0.15) is 5.56 Å². The molecule has 1 rings (SSSR count). The van der Waals surface area contributed by atoms with Crippen LogP contribution < -0.4 is 11.3 Å². The molecule has 0 bridgehead atoms. The standard InChI is InChI=1S/C10H12N2O2/c1-14-10(13)7-4-8-2-5-9(12-11)6-3-8/h2-7,12H,11H2,1H3/b7-4+. The minimum atomic E-state index is -0.369. The molecule has 0 spiro atoms. The van der Waals surface area contributed by atoms with E-state index in [0.29, 0.717) is 0 Å². The number of hydrazine groups is 1. The zero-order valence-corrected chi connectivity index (χ0v) is 7.86. The van der Waals surface area contributed by atoms with Gasteiger partial charge >= 0.3 is 5.97 Å². The van der Waals surface area contributed by atoms with Crippen LogP contribution in [0.5, 0.6) is 0 Å². The van der Waals surface area contributed by atoms with Gasteiger partial charge in [0.15, 0.2) is 0 Å². The fraction of sp³-hybridized carbons (Fsp3) is 0.100. The molecular weight excluding hydrogens is 180 g/mol. The quantitative estimate of drug-likeness (QED) is 0.326. The number of methoxy groups -OCH3 is 1. The number of anilines is 1. The van der Waals surface area contributed by atoms with Crippen molar-refractivity contribution in [3.8, 4) is 0 Å². The maximum atomic E-state index is 10.8. The topological polar surface area (TPSA) is 64.3 Å². The van der Waals surface area contributed by atoms with Gasteiger partial charge in [-0.15, -0.1) is 0 Å². The molecule has 0 aliphatic rings. The van der Waals surface area contributed by atoms with Crippen molar-refractivity contribution in [2.75, 3.05) is 12.5 Å². The summed E-state index contributed by atoms with van der Waals surface area (Å²) in [4.78, 5) is 10.8. The number of carbonyl (C=O) groups excluding carboxylic acids is 1. The van der Waals surface area contributed by atoms with Crippen LogP contribution in [0.25, 0.3) is 6.08 Å². The summed E-state index contributed by atoms with van der Waals surface area (Å²) >= 11 is 0. The first-order chi connectivity index (χ1) is 6.76. The number of ether oxygens (including phenoxy) is 1. The summed E-state index contributed by atoms with van der Waals surface area (Å²) in [5.74, 6) is 4.83. The maximum Gasteiger partial charge on any atom is 0.330 e. The van der Waals surface area contributed by atoms with E-state index in [1.54, 1.807) is 6.08 Å². The number of nitrogens with one attached hydrogen (secondary N) is 1. The Kier molecular flexibility index (Phi) is 3.69. The summed E-state index contributed by atoms with van der Waals surface area (Å²) < 4.78 is 4.46. The van der Waals surface area contributed by atoms with Gasteiger partial charge in [-0.05, 0) is 23.8 Å². The van der Waals surface area contributed by atoms with Crippen molar-refractivity contribution in [3.63, 3.8) is 0 Å². The van der Waals surface area contributed by atoms with Gasteiger partial charge in [0.2, 0.25) is 0 Å². The van der Waals surface area contributed by atoms with Crippen molar-refractivity contribution >= 4 is 17.7 Å². The molecule has 1 aromatic carbocycles. The van der Waals surface area contributed by atoms with Crippen LogP contribution in [-0.2, 0) is 9.53 Å². The molecular formula is C10H12N2O2. The van der Waals surface area contributed by atoms with Crippen LogP contribution in [0, 0.1) is 0 Å². The molecule has 0 saturated heterocycles. The van der Waals surface area contributed by atoms with E-state index >= 15 is 0 Å². The van der Waals surface area contributed by atoms with E-state index in [0.717, 1.165) is 11.3 Å². The van der Waals surface area contributed by atoms with Crippen molar-refractivity contribution in [1.82, 2.24) is 0 Å². The molecule has 0 radical (unpaired) electrons. The predicted octanol–water partition coefficient (Wildman–Crippen LogP) is 1.16. The highest BCUT2D eigenvalue weighted by atomic mass is 16.5. The molecule has 74 valence electrons. The minimum absolute atomic E-state index is 0.369. The first kappa shape index (κ1) is 10.3. The number of hydrogen-bond acceptors (Lipinski definition) is 4. The Morgan fingerprint density at radius 3 is 2.57 bits per heavy atom. The molecule has 4 heteroatoms. The second-order valence-electron chi connectivity index (χ2n) is 2.62. The highest BCUT2D eigenvalue weighted by Crippen LogP contribution is 2.09. The number of esters is 1. The fourth-order valence-corrected chi connectivity index (χ4v) is 0.923. The zero-order chi connectivity index (χ0) is 10.4. The third-order valence-electron chi connectivity index (χ3n) is 1.69. The lowest BCUT2D eigenvalue weighted by molar-refractivity contribution is -0.134. The highest BCUT2D eigenvalue weighted by molar-refractivity contribution is 5.86. The van der Waals surface area contributed by atoms with Gasteiger partial charge < -0.3 is 10.2 Å². The molecule has 0 aliphatic heterocycles. The Hall–Kier alpha value is -1.81. The first-order valence-electron chi connectivity index (χ1n) is 4.09. The first-order valence-corrected chi connectivity index (χ1v) is 4.09. The molecule has 0 fully saturated rings. The lowest BCUT2D eigenvalue weighted by atomic mass is 10.2. The van der Waals surface area contributed by atoms with Gasteiger partial charge in [-0.1, -0.05) is 12.1 Å². The van der Waals surface area contributed by atoms with E-state index in [-0.39, 0.29) is 5.97 Å². The number of hydrogen-bond donors (Lipinski definition) is 2. The smallest absolute Gasteiger partial charge is 0.330 e. The predicted molar refractivity (Wildman–Crippen MR) is 55.3 cm³/mol. The normalized spacial score (nSPS) is 10.1. The van der Waals surface area contributed by atoms with Crippen LogP contribution in [-0.4, -0.2) is 13.1 Å². The van der Waals surface area contributed by atoms with Gasteiger partial charge in [0.25, 0.3) is 0 Å². The van der Waals surface area contributed by atoms with E-state index < -0.39 is 0 Å². The van der Waals surface area contributed by atoms with Gasteiger partial charge in [0.05, 0.1) is 7.11 Å². The van der Waals surface area contributed by atoms with Gasteiger partial charge in [-0.2, -0.15) is 0 Å². The number of benzene rings is 1. The number of nitrogens with two attached hydrogens (primary N) is 1. The monoisotopic (exact) mass is 192 g/mol. The highest BCUT2D eigenvalue weighted by Gasteiger charge is 1.92. The van der Waals surface area contributed by atoms with Crippen LogP contribution in [0.2, 0.25) is 0 Å². The van der Waals surface area contributed by atoms with E-state index in [1.807, 2.05) is 24.3 Å². The van der Waals surface area contributed by atoms with Crippen molar-refractivity contribution < 1.29 is 9.53 Å². The van der Waals surface area contributed by atoms with Crippen LogP contribution in [0.4, 0.5) is 5.69 Å². The third kappa shape index (κ3) is 2.91. The van der Waals surface area contributed by atoms with Crippen LogP contribution in [0.15, 0.2) is 30.3 Å². The summed E-state index contributed by atoms with van der Waals surface area (Å²) in [7, 11) is 1.34. The van der Waals surface area contributed by atoms with Crippen molar-refractivity contribution in [1.29, 1.82) is 0 Å². The molecule has 0 aliphatic carbocycles. The molecule has 0 unspecified atom stereocenters. The molecule has 0 aromatic heterocycles. The zero-order valence-electron chi connectivity index (χ0n) is 7.86. The van der Waals surface area contributed by atoms with Crippen LogP contribution in [0.3, 0.4) is 0 Å². The lowest BCUT2D eigenvalue weighted by Gasteiger charge is -1.98. The molecule has 0 saturated carbocycles. The molecule has 3 N–H and O–H groups in total. The lowest BCUT2D eigenvalue weighted by Crippen LogP contribution is -2.05. The second-order valence-corrected chi connectivity index (χ2v) is 2.62. The fourth-order valence-electron chi connectivity index (χ4n) is 0.923. The molecule has 0 heterocycles. The number of nitrogen functional groups attached to an aromatic ring is 1. The summed E-state index contributed by atoms with van der Waals surface area (Å²) in [6.45, 7) is 0. The van der Waals surface area contributed by atoms with Gasteiger partial charge in [0.1, 0.15) is 0 Å². The average molecular weight is 192 g/mol. The van der Waals surface area contributed by atoms with Gasteiger partial charge in [-0.25, -0.2) is 4.79 Å². The van der Waals surface area contributed by atoms with E-state index in [1.165, 1.54) is 13.2 Å². The van der Waals surface area contributed by atoms with Gasteiger partial charge in [-0.3, -0.25) is 5.84 Å². The second kappa shape index (κ2) is 5.04. The van der Waals surface area contributed by atoms with Crippen molar-refractivity contribution in [2.45, 2.75) is 0 Å². The molecule has 1 aromatic rings. The molecule has 4 nitrogen and oxygen atoms in total. The summed E-state index contributed by atoms with van der Waals surface area (Å²) in [5.41, 5.74) is 4.25. The Morgan fingerprint density at radius 2 is 2.07 bits per heavy atom. The van der Waals surface area contributed by atoms with Gasteiger partial charge in [0, 0.05) is 11.8 Å². The minimum Gasteiger partial charge on any atom is -0.466 e. The largest absolute Gasteiger partial charge is 0.466 e. The molecule has 14 heavy (non-hydrogen) atoms. The Balaban J connectivity index is 2.68. The maximum absolute atomic E-state index is 10.8. The average Bonchev–Trinajstić information content (AvgIpc) is 2.26. The Labute approximate surface area is 82.3 Å².